The molecule has 0 spiro atoms. The van der Waals surface area contributed by atoms with Crippen molar-refractivity contribution in [3.63, 3.8) is 0 Å². The number of methoxy groups -OCH3 is 1. The first-order valence-electron chi connectivity index (χ1n) is 5.03. The first kappa shape index (κ1) is 12.4. The van der Waals surface area contributed by atoms with E-state index < -0.39 is 18.4 Å². The minimum absolute atomic E-state index is 0.119. The van der Waals surface area contributed by atoms with Gasteiger partial charge in [-0.1, -0.05) is 0 Å². The van der Waals surface area contributed by atoms with E-state index in [4.69, 9.17) is 9.47 Å². The highest BCUT2D eigenvalue weighted by atomic mass is 19.1. The van der Waals surface area contributed by atoms with Crippen LogP contribution in [0.5, 0.6) is 0 Å². The molecule has 0 bridgehead atoms. The van der Waals surface area contributed by atoms with E-state index in [1.807, 2.05) is 0 Å². The summed E-state index contributed by atoms with van der Waals surface area (Å²) in [7, 11) is 1.49. The largest absolute Gasteiger partial charge is 0.372 e. The van der Waals surface area contributed by atoms with E-state index in [1.54, 1.807) is 18.7 Å². The lowest BCUT2D eigenvalue weighted by Gasteiger charge is -2.36. The number of alkyl halides is 1. The molecule has 1 amide bonds. The number of rotatable bonds is 3. The lowest BCUT2D eigenvalue weighted by atomic mass is 10.1. The monoisotopic (exact) mass is 219 g/mol. The van der Waals surface area contributed by atoms with Crippen molar-refractivity contribution in [2.45, 2.75) is 25.6 Å². The zero-order chi connectivity index (χ0) is 11.5. The fraction of sp³-hybridized carbons (Fsp3) is 0.900. The van der Waals surface area contributed by atoms with Crippen LogP contribution in [-0.4, -0.2) is 56.0 Å². The van der Waals surface area contributed by atoms with Crippen molar-refractivity contribution in [2.24, 2.45) is 0 Å². The summed E-state index contributed by atoms with van der Waals surface area (Å²) < 4.78 is 22.6. The average molecular weight is 219 g/mol. The van der Waals surface area contributed by atoms with Crippen molar-refractivity contribution in [3.8, 4) is 0 Å². The van der Waals surface area contributed by atoms with Crippen LogP contribution in [0.4, 0.5) is 4.39 Å². The Balaban J connectivity index is 2.60. The molecule has 1 saturated heterocycles. The van der Waals surface area contributed by atoms with Crippen LogP contribution in [0.1, 0.15) is 13.8 Å². The number of amides is 1. The van der Waals surface area contributed by atoms with Crippen molar-refractivity contribution < 1.29 is 18.7 Å². The highest BCUT2D eigenvalue weighted by Gasteiger charge is 2.34. The van der Waals surface area contributed by atoms with Gasteiger partial charge in [-0.15, -0.1) is 0 Å². The third-order valence-corrected chi connectivity index (χ3v) is 2.62. The SMILES string of the molecule is COC(C)(C)C(=O)N1CCOC(CF)C1. The van der Waals surface area contributed by atoms with E-state index in [1.165, 1.54) is 7.11 Å². The van der Waals surface area contributed by atoms with Crippen molar-refractivity contribution in [1.82, 2.24) is 4.90 Å². The van der Waals surface area contributed by atoms with E-state index in [9.17, 15) is 9.18 Å². The van der Waals surface area contributed by atoms with Gasteiger partial charge < -0.3 is 14.4 Å². The van der Waals surface area contributed by atoms with Crippen LogP contribution in [-0.2, 0) is 14.3 Å². The molecule has 1 rings (SSSR count). The molecule has 1 fully saturated rings. The molecule has 4 nitrogen and oxygen atoms in total. The summed E-state index contributed by atoms with van der Waals surface area (Å²) in [6.45, 7) is 4.05. The molecule has 1 aliphatic heterocycles. The zero-order valence-corrected chi connectivity index (χ0v) is 9.46. The molecule has 0 aromatic heterocycles. The molecule has 0 saturated carbocycles. The van der Waals surface area contributed by atoms with Gasteiger partial charge in [-0.2, -0.15) is 0 Å². The maximum Gasteiger partial charge on any atom is 0.254 e. The molecule has 5 heteroatoms. The Morgan fingerprint density at radius 3 is 2.87 bits per heavy atom. The molecule has 1 heterocycles. The van der Waals surface area contributed by atoms with E-state index in [0.29, 0.717) is 19.7 Å². The summed E-state index contributed by atoms with van der Waals surface area (Å²) in [6, 6.07) is 0. The predicted molar refractivity (Wildman–Crippen MR) is 53.4 cm³/mol. The van der Waals surface area contributed by atoms with Crippen molar-refractivity contribution in [1.29, 1.82) is 0 Å². The van der Waals surface area contributed by atoms with Gasteiger partial charge in [-0.3, -0.25) is 4.79 Å². The second kappa shape index (κ2) is 4.90. The molecule has 88 valence electrons. The lowest BCUT2D eigenvalue weighted by molar-refractivity contribution is -0.158. The van der Waals surface area contributed by atoms with Crippen molar-refractivity contribution >= 4 is 5.91 Å². The Morgan fingerprint density at radius 1 is 1.67 bits per heavy atom. The smallest absolute Gasteiger partial charge is 0.254 e. The molecule has 15 heavy (non-hydrogen) atoms. The molecule has 1 aliphatic rings. The maximum atomic E-state index is 12.4. The van der Waals surface area contributed by atoms with E-state index in [0.717, 1.165) is 0 Å². The van der Waals surface area contributed by atoms with Crippen LogP contribution < -0.4 is 0 Å². The van der Waals surface area contributed by atoms with Gasteiger partial charge in [0.05, 0.1) is 6.61 Å². The summed E-state index contributed by atoms with van der Waals surface area (Å²) in [5, 5.41) is 0. The van der Waals surface area contributed by atoms with Crippen LogP contribution in [0, 0.1) is 0 Å². The van der Waals surface area contributed by atoms with Gasteiger partial charge in [0, 0.05) is 20.2 Å². The molecule has 1 unspecified atom stereocenters. The second-order valence-corrected chi connectivity index (χ2v) is 4.11. The van der Waals surface area contributed by atoms with Crippen LogP contribution in [0.15, 0.2) is 0 Å². The highest BCUT2D eigenvalue weighted by Crippen LogP contribution is 2.15. The minimum Gasteiger partial charge on any atom is -0.372 e. The topological polar surface area (TPSA) is 38.8 Å². The Labute approximate surface area is 89.3 Å². The maximum absolute atomic E-state index is 12.4. The average Bonchev–Trinajstić information content (AvgIpc) is 2.28. The predicted octanol–water partition coefficient (Wildman–Crippen LogP) is 0.608. The number of morpholine rings is 1. The van der Waals surface area contributed by atoms with Crippen LogP contribution >= 0.6 is 0 Å². The van der Waals surface area contributed by atoms with Gasteiger partial charge in [0.25, 0.3) is 5.91 Å². The Kier molecular flexibility index (Phi) is 4.04. The summed E-state index contributed by atoms with van der Waals surface area (Å²) in [4.78, 5) is 13.5. The van der Waals surface area contributed by atoms with Crippen molar-refractivity contribution in [2.75, 3.05) is 33.5 Å². The number of carbonyl (C=O) groups excluding carboxylic acids is 1. The molecule has 0 aromatic carbocycles. The lowest BCUT2D eigenvalue weighted by Crippen LogP contribution is -2.53. The molecule has 1 atom stereocenters. The Hall–Kier alpha value is -0.680. The van der Waals surface area contributed by atoms with Gasteiger partial charge in [-0.05, 0) is 13.8 Å². The quantitative estimate of drug-likeness (QED) is 0.698. The molecular formula is C10H18FNO3. The molecular weight excluding hydrogens is 201 g/mol. The highest BCUT2D eigenvalue weighted by molar-refractivity contribution is 5.84. The number of ether oxygens (including phenoxy) is 2. The summed E-state index contributed by atoms with van der Waals surface area (Å²) in [5.74, 6) is -0.119. The summed E-state index contributed by atoms with van der Waals surface area (Å²) in [6.07, 6.45) is -0.490. The van der Waals surface area contributed by atoms with Gasteiger partial charge in [0.2, 0.25) is 0 Å². The van der Waals surface area contributed by atoms with Crippen molar-refractivity contribution in [3.05, 3.63) is 0 Å². The Morgan fingerprint density at radius 2 is 2.33 bits per heavy atom. The number of halogens is 1. The third kappa shape index (κ3) is 2.89. The molecule has 0 N–H and O–H groups in total. The van der Waals surface area contributed by atoms with E-state index in [2.05, 4.69) is 0 Å². The number of carbonyl (C=O) groups is 1. The van der Waals surface area contributed by atoms with Gasteiger partial charge >= 0.3 is 0 Å². The second-order valence-electron chi connectivity index (χ2n) is 4.11. The number of nitrogens with zero attached hydrogens (tertiary/aromatic N) is 1. The summed E-state index contributed by atoms with van der Waals surface area (Å²) >= 11 is 0. The first-order chi connectivity index (χ1) is 7.01. The van der Waals surface area contributed by atoms with Crippen LogP contribution in [0.3, 0.4) is 0 Å². The van der Waals surface area contributed by atoms with E-state index >= 15 is 0 Å². The van der Waals surface area contributed by atoms with Crippen LogP contribution in [0.2, 0.25) is 0 Å². The van der Waals surface area contributed by atoms with Gasteiger partial charge in [0.15, 0.2) is 0 Å². The molecule has 0 aromatic rings. The zero-order valence-electron chi connectivity index (χ0n) is 9.46. The Bertz CT molecular complexity index is 233. The first-order valence-corrected chi connectivity index (χ1v) is 5.03. The minimum atomic E-state index is -0.849. The summed E-state index contributed by atoms with van der Waals surface area (Å²) in [5.41, 5.74) is -0.849. The van der Waals surface area contributed by atoms with E-state index in [-0.39, 0.29) is 5.91 Å². The number of hydrogen-bond acceptors (Lipinski definition) is 3. The fourth-order valence-corrected chi connectivity index (χ4v) is 1.47. The van der Waals surface area contributed by atoms with Gasteiger partial charge in [0.1, 0.15) is 18.4 Å². The standard InChI is InChI=1S/C10H18FNO3/c1-10(2,14-3)9(13)12-4-5-15-8(6-11)7-12/h8H,4-7H2,1-3H3. The normalized spacial score (nSPS) is 22.9. The van der Waals surface area contributed by atoms with Crippen LogP contribution in [0.25, 0.3) is 0 Å². The van der Waals surface area contributed by atoms with Gasteiger partial charge in [-0.25, -0.2) is 4.39 Å². The fourth-order valence-electron chi connectivity index (χ4n) is 1.47. The third-order valence-electron chi connectivity index (χ3n) is 2.62. The molecule has 0 radical (unpaired) electrons. The number of hydrogen-bond donors (Lipinski definition) is 0. The molecule has 0 aliphatic carbocycles.